The van der Waals surface area contributed by atoms with Gasteiger partial charge in [-0.2, -0.15) is 5.10 Å². The average Bonchev–Trinajstić information content (AvgIpc) is 2.70. The number of aromatic nitrogens is 2. The van der Waals surface area contributed by atoms with E-state index in [-0.39, 0.29) is 0 Å². The summed E-state index contributed by atoms with van der Waals surface area (Å²) < 4.78 is 0. The van der Waals surface area contributed by atoms with Gasteiger partial charge in [0.1, 0.15) is 0 Å². The van der Waals surface area contributed by atoms with Crippen LogP contribution < -0.4 is 5.32 Å². The summed E-state index contributed by atoms with van der Waals surface area (Å²) in [5.41, 5.74) is 3.53. The van der Waals surface area contributed by atoms with E-state index >= 15 is 0 Å². The third-order valence-corrected chi connectivity index (χ3v) is 5.02. The third kappa shape index (κ3) is 2.27. The first-order chi connectivity index (χ1) is 8.74. The Kier molecular flexibility index (Phi) is 3.31. The molecule has 0 amide bonds. The normalized spacial score (nSPS) is 32.0. The summed E-state index contributed by atoms with van der Waals surface area (Å²) in [4.78, 5) is 0. The van der Waals surface area contributed by atoms with Gasteiger partial charge in [0.05, 0.1) is 17.1 Å². The maximum Gasteiger partial charge on any atom is 0.0825 e. The second-order valence-electron chi connectivity index (χ2n) is 6.27. The van der Waals surface area contributed by atoms with E-state index in [0.717, 1.165) is 17.5 Å². The number of hydrogen-bond donors (Lipinski definition) is 2. The highest BCUT2D eigenvalue weighted by atomic mass is 15.2. The van der Waals surface area contributed by atoms with Crippen molar-refractivity contribution in [3.63, 3.8) is 0 Å². The van der Waals surface area contributed by atoms with E-state index in [9.17, 15) is 0 Å². The van der Waals surface area contributed by atoms with Crippen molar-refractivity contribution in [3.8, 4) is 0 Å². The zero-order chi connectivity index (χ0) is 12.5. The molecule has 0 radical (unpaired) electrons. The summed E-state index contributed by atoms with van der Waals surface area (Å²) in [5.74, 6) is 2.01. The van der Waals surface area contributed by atoms with Crippen molar-refractivity contribution in [2.24, 2.45) is 11.8 Å². The third-order valence-electron chi connectivity index (χ3n) is 5.02. The maximum atomic E-state index is 4.28. The number of aryl methyl sites for hydroxylation is 2. The fraction of sp³-hybridized carbons (Fsp3) is 0.800. The predicted octanol–water partition coefficient (Wildman–Crippen LogP) is 3.80. The molecule has 0 aliphatic heterocycles. The highest BCUT2D eigenvalue weighted by molar-refractivity contribution is 5.52. The molecule has 3 nitrogen and oxygen atoms in total. The molecule has 0 bridgehead atoms. The van der Waals surface area contributed by atoms with Gasteiger partial charge in [0.15, 0.2) is 0 Å². The topological polar surface area (TPSA) is 40.7 Å². The molecule has 2 N–H and O–H groups in total. The number of H-pyrrole nitrogens is 1. The molecular formula is C15H25N3. The summed E-state index contributed by atoms with van der Waals surface area (Å²) in [6.45, 7) is 4.19. The number of hydrogen-bond acceptors (Lipinski definition) is 2. The lowest BCUT2D eigenvalue weighted by atomic mass is 9.69. The van der Waals surface area contributed by atoms with Crippen molar-refractivity contribution in [1.29, 1.82) is 0 Å². The van der Waals surface area contributed by atoms with Gasteiger partial charge in [-0.25, -0.2) is 0 Å². The Balaban J connectivity index is 1.64. The lowest BCUT2D eigenvalue weighted by Crippen LogP contribution is -2.34. The molecule has 2 aliphatic rings. The van der Waals surface area contributed by atoms with E-state index < -0.39 is 0 Å². The lowest BCUT2D eigenvalue weighted by molar-refractivity contribution is 0.162. The first-order valence-electron chi connectivity index (χ1n) is 7.52. The van der Waals surface area contributed by atoms with Gasteiger partial charge < -0.3 is 5.32 Å². The van der Waals surface area contributed by atoms with Crippen molar-refractivity contribution in [2.45, 2.75) is 64.8 Å². The summed E-state index contributed by atoms with van der Waals surface area (Å²) >= 11 is 0. The fourth-order valence-electron chi connectivity index (χ4n) is 3.97. The molecule has 3 atom stereocenters. The lowest BCUT2D eigenvalue weighted by Gasteiger charge is -2.39. The minimum Gasteiger partial charge on any atom is -0.379 e. The molecule has 1 aromatic heterocycles. The van der Waals surface area contributed by atoms with Gasteiger partial charge in [0.2, 0.25) is 0 Å². The van der Waals surface area contributed by atoms with Gasteiger partial charge in [0.25, 0.3) is 0 Å². The Morgan fingerprint density at radius 3 is 2.56 bits per heavy atom. The minimum absolute atomic E-state index is 0.666. The molecule has 3 unspecified atom stereocenters. The molecule has 100 valence electrons. The summed E-state index contributed by atoms with van der Waals surface area (Å²) in [6, 6.07) is 0.666. The van der Waals surface area contributed by atoms with E-state index in [4.69, 9.17) is 0 Å². The molecule has 18 heavy (non-hydrogen) atoms. The predicted molar refractivity (Wildman–Crippen MR) is 74.8 cm³/mol. The van der Waals surface area contributed by atoms with Gasteiger partial charge in [-0.1, -0.05) is 25.7 Å². The van der Waals surface area contributed by atoms with Crippen LogP contribution in [0.2, 0.25) is 0 Å². The largest absolute Gasteiger partial charge is 0.379 e. The van der Waals surface area contributed by atoms with E-state index in [1.807, 2.05) is 0 Å². The zero-order valence-corrected chi connectivity index (χ0v) is 11.6. The summed E-state index contributed by atoms with van der Waals surface area (Å²) in [5, 5.41) is 11.1. The van der Waals surface area contributed by atoms with Crippen molar-refractivity contribution < 1.29 is 0 Å². The number of rotatable bonds is 2. The van der Waals surface area contributed by atoms with Gasteiger partial charge in [-0.3, -0.25) is 5.10 Å². The smallest absolute Gasteiger partial charge is 0.0825 e. The zero-order valence-electron chi connectivity index (χ0n) is 11.6. The molecule has 2 fully saturated rings. The number of nitrogens with zero attached hydrogens (tertiary/aromatic N) is 1. The van der Waals surface area contributed by atoms with Crippen LogP contribution in [0.15, 0.2) is 0 Å². The van der Waals surface area contributed by atoms with Crippen molar-refractivity contribution in [3.05, 3.63) is 11.4 Å². The van der Waals surface area contributed by atoms with Crippen LogP contribution in [0.25, 0.3) is 0 Å². The Morgan fingerprint density at radius 2 is 1.83 bits per heavy atom. The van der Waals surface area contributed by atoms with Crippen molar-refractivity contribution in [1.82, 2.24) is 10.2 Å². The van der Waals surface area contributed by atoms with Crippen LogP contribution in [-0.4, -0.2) is 16.2 Å². The van der Waals surface area contributed by atoms with Gasteiger partial charge in [-0.05, 0) is 44.9 Å². The monoisotopic (exact) mass is 247 g/mol. The van der Waals surface area contributed by atoms with E-state index in [1.165, 1.54) is 56.3 Å². The van der Waals surface area contributed by atoms with Crippen molar-refractivity contribution >= 4 is 5.69 Å². The second-order valence-corrected chi connectivity index (χ2v) is 6.27. The Morgan fingerprint density at radius 1 is 1.06 bits per heavy atom. The highest BCUT2D eigenvalue weighted by Gasteiger charge is 2.32. The Bertz CT molecular complexity index is 390. The molecule has 3 rings (SSSR count). The number of aromatic amines is 1. The van der Waals surface area contributed by atoms with Crippen LogP contribution >= 0.6 is 0 Å². The van der Waals surface area contributed by atoms with Crippen LogP contribution in [0.3, 0.4) is 0 Å². The molecular weight excluding hydrogens is 222 g/mol. The van der Waals surface area contributed by atoms with E-state index in [0.29, 0.717) is 6.04 Å². The van der Waals surface area contributed by atoms with Crippen LogP contribution in [0.4, 0.5) is 5.69 Å². The highest BCUT2D eigenvalue weighted by Crippen LogP contribution is 2.41. The molecule has 2 aliphatic carbocycles. The average molecular weight is 247 g/mol. The standard InChI is InChI=1S/C15H25N3/c1-10-15(11(2)18-17-10)16-14-8-7-12-5-3-4-6-13(12)9-14/h12-14,16H,3-9H2,1-2H3,(H,17,18). The molecule has 0 spiro atoms. The van der Waals surface area contributed by atoms with Gasteiger partial charge >= 0.3 is 0 Å². The minimum atomic E-state index is 0.666. The van der Waals surface area contributed by atoms with Crippen LogP contribution in [0.1, 0.15) is 56.3 Å². The molecule has 0 aromatic carbocycles. The first kappa shape index (κ1) is 12.1. The van der Waals surface area contributed by atoms with Crippen LogP contribution in [-0.2, 0) is 0 Å². The summed E-state index contributed by atoms with van der Waals surface area (Å²) in [7, 11) is 0. The second kappa shape index (κ2) is 4.94. The van der Waals surface area contributed by atoms with Crippen LogP contribution in [0, 0.1) is 25.7 Å². The molecule has 1 heterocycles. The molecule has 1 aromatic rings. The van der Waals surface area contributed by atoms with Gasteiger partial charge in [-0.15, -0.1) is 0 Å². The van der Waals surface area contributed by atoms with E-state index in [2.05, 4.69) is 29.4 Å². The Labute approximate surface area is 110 Å². The quantitative estimate of drug-likeness (QED) is 0.834. The Hall–Kier alpha value is -0.990. The fourth-order valence-corrected chi connectivity index (χ4v) is 3.97. The summed E-state index contributed by atoms with van der Waals surface area (Å²) in [6.07, 6.45) is 10.0. The first-order valence-corrected chi connectivity index (χ1v) is 7.52. The number of anilines is 1. The SMILES string of the molecule is Cc1n[nH]c(C)c1NC1CCC2CCCCC2C1. The van der Waals surface area contributed by atoms with Gasteiger partial charge in [0, 0.05) is 6.04 Å². The number of nitrogens with one attached hydrogen (secondary N) is 2. The number of fused-ring (bicyclic) bond motifs is 1. The molecule has 3 heteroatoms. The molecule has 2 saturated carbocycles. The van der Waals surface area contributed by atoms with Crippen molar-refractivity contribution in [2.75, 3.05) is 5.32 Å². The molecule has 0 saturated heterocycles. The van der Waals surface area contributed by atoms with Crippen LogP contribution in [0.5, 0.6) is 0 Å². The van der Waals surface area contributed by atoms with E-state index in [1.54, 1.807) is 0 Å². The maximum absolute atomic E-state index is 4.28.